The zero-order chi connectivity index (χ0) is 11.5. The van der Waals surface area contributed by atoms with Gasteiger partial charge in [-0.2, -0.15) is 0 Å². The number of tetrazole rings is 1. The third kappa shape index (κ3) is 2.06. The maximum absolute atomic E-state index is 10.6. The Morgan fingerprint density at radius 3 is 3.06 bits per heavy atom. The van der Waals surface area contributed by atoms with E-state index in [0.717, 1.165) is 5.09 Å². The lowest BCUT2D eigenvalue weighted by Crippen LogP contribution is -2.11. The average molecular weight is 240 g/mol. The third-order valence-corrected chi connectivity index (χ3v) is 2.44. The number of aliphatic carboxylic acids is 1. The molecule has 1 N–H and O–H groups in total. The molecule has 7 nitrogen and oxygen atoms in total. The van der Waals surface area contributed by atoms with E-state index in [4.69, 9.17) is 9.52 Å². The van der Waals surface area contributed by atoms with Gasteiger partial charge in [-0.25, -0.2) is 4.68 Å². The number of carboxylic acid groups (broad SMARTS) is 1. The van der Waals surface area contributed by atoms with Crippen molar-refractivity contribution in [1.29, 1.82) is 0 Å². The van der Waals surface area contributed by atoms with Crippen molar-refractivity contribution in [3.8, 4) is 11.6 Å². The van der Waals surface area contributed by atoms with Crippen LogP contribution >= 0.6 is 11.8 Å². The van der Waals surface area contributed by atoms with Crippen molar-refractivity contribution in [2.75, 3.05) is 6.26 Å². The highest BCUT2D eigenvalue weighted by Gasteiger charge is 2.14. The van der Waals surface area contributed by atoms with Crippen LogP contribution in [0.1, 0.15) is 0 Å². The van der Waals surface area contributed by atoms with Crippen LogP contribution in [0.3, 0.4) is 0 Å². The van der Waals surface area contributed by atoms with Gasteiger partial charge in [0.15, 0.2) is 10.9 Å². The van der Waals surface area contributed by atoms with Crippen molar-refractivity contribution in [2.45, 2.75) is 11.6 Å². The number of thioether (sulfide) groups is 1. The van der Waals surface area contributed by atoms with Crippen LogP contribution in [0, 0.1) is 0 Å². The van der Waals surface area contributed by atoms with Crippen LogP contribution in [0.5, 0.6) is 0 Å². The second kappa shape index (κ2) is 4.35. The van der Waals surface area contributed by atoms with E-state index in [-0.39, 0.29) is 6.54 Å². The van der Waals surface area contributed by atoms with Gasteiger partial charge in [0.2, 0.25) is 5.82 Å². The van der Waals surface area contributed by atoms with Gasteiger partial charge in [-0.3, -0.25) is 4.79 Å². The number of nitrogens with zero attached hydrogens (tertiary/aromatic N) is 4. The molecule has 2 aromatic rings. The zero-order valence-corrected chi connectivity index (χ0v) is 9.14. The monoisotopic (exact) mass is 240 g/mol. The van der Waals surface area contributed by atoms with E-state index >= 15 is 0 Å². The molecule has 2 heterocycles. The van der Waals surface area contributed by atoms with Crippen LogP contribution in [0.25, 0.3) is 11.6 Å². The molecule has 0 fully saturated rings. The Balaban J connectivity index is 2.32. The van der Waals surface area contributed by atoms with E-state index in [1.165, 1.54) is 16.4 Å². The van der Waals surface area contributed by atoms with Crippen LogP contribution < -0.4 is 0 Å². The number of carbonyl (C=O) groups is 1. The first-order valence-electron chi connectivity index (χ1n) is 4.33. The molecule has 0 spiro atoms. The predicted molar refractivity (Wildman–Crippen MR) is 54.9 cm³/mol. The summed E-state index contributed by atoms with van der Waals surface area (Å²) in [5, 5.41) is 20.1. The van der Waals surface area contributed by atoms with E-state index < -0.39 is 5.97 Å². The molecule has 0 aliphatic rings. The maximum Gasteiger partial charge on any atom is 0.325 e. The number of carboxylic acids is 1. The molecule has 0 aromatic carbocycles. The highest BCUT2D eigenvalue weighted by Crippen LogP contribution is 2.24. The summed E-state index contributed by atoms with van der Waals surface area (Å²) in [5.41, 5.74) is 0. The number of furan rings is 1. The lowest BCUT2D eigenvalue weighted by molar-refractivity contribution is -0.137. The Morgan fingerprint density at radius 1 is 1.62 bits per heavy atom. The summed E-state index contributed by atoms with van der Waals surface area (Å²) < 4.78 is 6.58. The number of hydrogen-bond donors (Lipinski definition) is 1. The summed E-state index contributed by atoms with van der Waals surface area (Å²) in [6.07, 6.45) is 1.88. The first-order valence-corrected chi connectivity index (χ1v) is 5.55. The minimum Gasteiger partial charge on any atom is -0.480 e. The Morgan fingerprint density at radius 2 is 2.44 bits per heavy atom. The summed E-state index contributed by atoms with van der Waals surface area (Å²) in [7, 11) is 0. The van der Waals surface area contributed by atoms with Crippen LogP contribution in [-0.2, 0) is 11.3 Å². The molecule has 84 valence electrons. The zero-order valence-electron chi connectivity index (χ0n) is 8.32. The number of hydrogen-bond acceptors (Lipinski definition) is 6. The fraction of sp³-hybridized carbons (Fsp3) is 0.250. The highest BCUT2D eigenvalue weighted by atomic mass is 32.2. The van der Waals surface area contributed by atoms with Gasteiger partial charge in [-0.15, -0.1) is 5.10 Å². The minimum absolute atomic E-state index is 0.294. The first-order chi connectivity index (χ1) is 7.70. The SMILES string of the molecule is CSc1ccc(-c2nnnn2CC(=O)O)o1. The Kier molecular flexibility index (Phi) is 2.91. The molecule has 0 radical (unpaired) electrons. The molecule has 2 aromatic heterocycles. The summed E-state index contributed by atoms with van der Waals surface area (Å²) >= 11 is 1.45. The van der Waals surface area contributed by atoms with Crippen LogP contribution in [-0.4, -0.2) is 37.5 Å². The molecule has 16 heavy (non-hydrogen) atoms. The Labute approximate surface area is 94.4 Å². The summed E-state index contributed by atoms with van der Waals surface area (Å²) in [5.74, 6) is -0.247. The minimum atomic E-state index is -1.01. The van der Waals surface area contributed by atoms with Crippen molar-refractivity contribution >= 4 is 17.7 Å². The third-order valence-electron chi connectivity index (χ3n) is 1.82. The maximum atomic E-state index is 10.6. The molecule has 0 bridgehead atoms. The lowest BCUT2D eigenvalue weighted by atomic mass is 10.4. The molecule has 0 saturated carbocycles. The Bertz CT molecular complexity index is 507. The van der Waals surface area contributed by atoms with E-state index in [9.17, 15) is 4.79 Å². The van der Waals surface area contributed by atoms with E-state index in [0.29, 0.717) is 11.6 Å². The van der Waals surface area contributed by atoms with E-state index in [1.807, 2.05) is 6.26 Å². The Hall–Kier alpha value is -1.83. The molecule has 0 saturated heterocycles. The van der Waals surface area contributed by atoms with Crippen molar-refractivity contribution < 1.29 is 14.3 Å². The van der Waals surface area contributed by atoms with Crippen LogP contribution in [0.15, 0.2) is 21.6 Å². The van der Waals surface area contributed by atoms with Gasteiger partial charge < -0.3 is 9.52 Å². The molecule has 0 aliphatic heterocycles. The van der Waals surface area contributed by atoms with Gasteiger partial charge in [0.1, 0.15) is 6.54 Å². The second-order valence-corrected chi connectivity index (χ2v) is 3.69. The molecule has 0 unspecified atom stereocenters. The van der Waals surface area contributed by atoms with E-state index in [1.54, 1.807) is 12.1 Å². The van der Waals surface area contributed by atoms with Crippen LogP contribution in [0.2, 0.25) is 0 Å². The second-order valence-electron chi connectivity index (χ2n) is 2.88. The summed E-state index contributed by atoms with van der Waals surface area (Å²) in [6.45, 7) is -0.294. The van der Waals surface area contributed by atoms with E-state index in [2.05, 4.69) is 15.5 Å². The van der Waals surface area contributed by atoms with Gasteiger partial charge in [-0.05, 0) is 28.8 Å². The van der Waals surface area contributed by atoms with Crippen molar-refractivity contribution in [3.05, 3.63) is 12.1 Å². The number of aromatic nitrogens is 4. The largest absolute Gasteiger partial charge is 0.480 e. The van der Waals surface area contributed by atoms with Gasteiger partial charge >= 0.3 is 5.97 Å². The van der Waals surface area contributed by atoms with Gasteiger partial charge in [0.05, 0.1) is 0 Å². The summed E-state index contributed by atoms with van der Waals surface area (Å²) in [4.78, 5) is 10.6. The van der Waals surface area contributed by atoms with Crippen molar-refractivity contribution in [3.63, 3.8) is 0 Å². The lowest BCUT2D eigenvalue weighted by Gasteiger charge is -1.97. The molecular weight excluding hydrogens is 232 g/mol. The molecule has 0 atom stereocenters. The fourth-order valence-corrected chi connectivity index (χ4v) is 1.54. The smallest absolute Gasteiger partial charge is 0.325 e. The number of rotatable bonds is 4. The fourth-order valence-electron chi connectivity index (χ4n) is 1.17. The molecule has 2 rings (SSSR count). The van der Waals surface area contributed by atoms with Gasteiger partial charge in [0.25, 0.3) is 0 Å². The quantitative estimate of drug-likeness (QED) is 0.787. The standard InChI is InChI=1S/C8H8N4O3S/c1-16-7-3-2-5(15-7)8-9-10-11-12(8)4-6(13)14/h2-3H,4H2,1H3,(H,13,14). The topological polar surface area (TPSA) is 94.0 Å². The van der Waals surface area contributed by atoms with Gasteiger partial charge in [-0.1, -0.05) is 11.8 Å². The van der Waals surface area contributed by atoms with Crippen molar-refractivity contribution in [2.24, 2.45) is 0 Å². The predicted octanol–water partition coefficient (Wildman–Crippen LogP) is 0.740. The molecule has 8 heteroatoms. The first kappa shape index (κ1) is 10.7. The average Bonchev–Trinajstić information content (AvgIpc) is 2.84. The van der Waals surface area contributed by atoms with Gasteiger partial charge in [0, 0.05) is 0 Å². The summed E-state index contributed by atoms with van der Waals surface area (Å²) in [6, 6.07) is 3.48. The van der Waals surface area contributed by atoms with Crippen LogP contribution in [0.4, 0.5) is 0 Å². The molecule has 0 amide bonds. The highest BCUT2D eigenvalue weighted by molar-refractivity contribution is 7.98. The normalized spacial score (nSPS) is 10.6. The molecule has 0 aliphatic carbocycles. The molecular formula is C8H8N4O3S. The van der Waals surface area contributed by atoms with Crippen molar-refractivity contribution in [1.82, 2.24) is 20.2 Å².